The normalized spacial score (nSPS) is 15.0. The Labute approximate surface area is 194 Å². The maximum absolute atomic E-state index is 13.7. The fourth-order valence-corrected chi connectivity index (χ4v) is 4.36. The van der Waals surface area contributed by atoms with Crippen LogP contribution in [0.1, 0.15) is 38.9 Å². The van der Waals surface area contributed by atoms with Crippen molar-refractivity contribution in [2.75, 3.05) is 12.0 Å². The van der Waals surface area contributed by atoms with Crippen LogP contribution in [0.2, 0.25) is 0 Å². The number of methoxy groups -OCH3 is 1. The number of non-ortho nitro benzene ring substituents is 1. The zero-order valence-electron chi connectivity index (χ0n) is 18.7. The van der Waals surface area contributed by atoms with E-state index < -0.39 is 16.9 Å². The Balaban J connectivity index is 1.81. The third-order valence-corrected chi connectivity index (χ3v) is 6.23. The van der Waals surface area contributed by atoms with Crippen LogP contribution in [0.4, 0.5) is 11.4 Å². The van der Waals surface area contributed by atoms with Gasteiger partial charge in [0.05, 0.1) is 29.0 Å². The molecule has 1 aliphatic heterocycles. The Morgan fingerprint density at radius 2 is 1.71 bits per heavy atom. The van der Waals surface area contributed by atoms with Gasteiger partial charge in [0.15, 0.2) is 5.43 Å². The van der Waals surface area contributed by atoms with Gasteiger partial charge in [0.25, 0.3) is 11.6 Å². The second kappa shape index (κ2) is 7.84. The lowest BCUT2D eigenvalue weighted by Crippen LogP contribution is -2.29. The predicted molar refractivity (Wildman–Crippen MR) is 127 cm³/mol. The van der Waals surface area contributed by atoms with Crippen molar-refractivity contribution in [3.8, 4) is 5.75 Å². The summed E-state index contributed by atoms with van der Waals surface area (Å²) in [4.78, 5) is 39.7. The number of hydrogen-bond acceptors (Lipinski definition) is 6. The standard InChI is InChI=1S/C26H20N2O6/c1-14-11-20-21(12-15(14)2)34-25-22(24(20)29)23(16-5-4-6-18(13-16)28(31)32)27(26(25)30)17-7-9-19(33-3)10-8-17/h4-13,23H,1-3H3. The molecule has 8 heteroatoms. The molecule has 1 aromatic heterocycles. The van der Waals surface area contributed by atoms with E-state index in [0.29, 0.717) is 28.0 Å². The lowest BCUT2D eigenvalue weighted by atomic mass is 9.97. The zero-order chi connectivity index (χ0) is 24.1. The van der Waals surface area contributed by atoms with E-state index in [-0.39, 0.29) is 22.4 Å². The molecule has 8 nitrogen and oxygen atoms in total. The fraction of sp³-hybridized carbons (Fsp3) is 0.154. The van der Waals surface area contributed by atoms with E-state index in [2.05, 4.69) is 0 Å². The highest BCUT2D eigenvalue weighted by Gasteiger charge is 2.44. The summed E-state index contributed by atoms with van der Waals surface area (Å²) in [5, 5.41) is 11.8. The summed E-state index contributed by atoms with van der Waals surface area (Å²) in [7, 11) is 1.54. The molecule has 0 fully saturated rings. The van der Waals surface area contributed by atoms with Gasteiger partial charge in [0, 0.05) is 17.8 Å². The summed E-state index contributed by atoms with van der Waals surface area (Å²) in [6, 6.07) is 15.4. The van der Waals surface area contributed by atoms with Crippen molar-refractivity contribution in [3.05, 3.63) is 109 Å². The molecule has 2 heterocycles. The van der Waals surface area contributed by atoms with E-state index in [0.717, 1.165) is 11.1 Å². The Morgan fingerprint density at radius 3 is 2.38 bits per heavy atom. The van der Waals surface area contributed by atoms with Crippen LogP contribution in [0.3, 0.4) is 0 Å². The highest BCUT2D eigenvalue weighted by Crippen LogP contribution is 2.42. The van der Waals surface area contributed by atoms with Gasteiger partial charge in [-0.15, -0.1) is 0 Å². The average Bonchev–Trinajstić information content (AvgIpc) is 3.13. The summed E-state index contributed by atoms with van der Waals surface area (Å²) in [5.41, 5.74) is 2.82. The number of carbonyl (C=O) groups excluding carboxylic acids is 1. The van der Waals surface area contributed by atoms with Crippen molar-refractivity contribution in [2.45, 2.75) is 19.9 Å². The van der Waals surface area contributed by atoms with Crippen molar-refractivity contribution in [3.63, 3.8) is 0 Å². The van der Waals surface area contributed by atoms with Gasteiger partial charge in [-0.05, 0) is 66.9 Å². The molecule has 1 aliphatic rings. The number of nitro benzene ring substituents is 1. The van der Waals surface area contributed by atoms with Crippen LogP contribution in [0, 0.1) is 24.0 Å². The molecule has 1 unspecified atom stereocenters. The Hall–Kier alpha value is -4.46. The van der Waals surface area contributed by atoms with Crippen LogP contribution >= 0.6 is 0 Å². The number of hydrogen-bond donors (Lipinski definition) is 0. The second-order valence-electron chi connectivity index (χ2n) is 8.23. The summed E-state index contributed by atoms with van der Waals surface area (Å²) in [6.45, 7) is 3.80. The first-order valence-electron chi connectivity index (χ1n) is 10.6. The number of fused-ring (bicyclic) bond motifs is 2. The van der Waals surface area contributed by atoms with Crippen LogP contribution < -0.4 is 15.1 Å². The van der Waals surface area contributed by atoms with E-state index in [1.165, 1.54) is 30.2 Å². The SMILES string of the molecule is COc1ccc(N2C(=O)c3oc4cc(C)c(C)cc4c(=O)c3C2c2cccc([N+](=O)[O-])c2)cc1. The first kappa shape index (κ1) is 21.4. The number of nitro groups is 1. The summed E-state index contributed by atoms with van der Waals surface area (Å²) < 4.78 is 11.2. The molecule has 0 spiro atoms. The van der Waals surface area contributed by atoms with E-state index in [1.54, 1.807) is 42.5 Å². The van der Waals surface area contributed by atoms with Crippen molar-refractivity contribution in [2.24, 2.45) is 0 Å². The maximum atomic E-state index is 13.7. The monoisotopic (exact) mass is 456 g/mol. The van der Waals surface area contributed by atoms with Crippen LogP contribution in [-0.4, -0.2) is 17.9 Å². The number of amides is 1. The Kier molecular flexibility index (Phi) is 4.93. The van der Waals surface area contributed by atoms with Gasteiger partial charge in [-0.3, -0.25) is 24.6 Å². The molecule has 0 radical (unpaired) electrons. The summed E-state index contributed by atoms with van der Waals surface area (Å²) >= 11 is 0. The molecular formula is C26H20N2O6. The van der Waals surface area contributed by atoms with Crippen LogP contribution in [-0.2, 0) is 0 Å². The number of carbonyl (C=O) groups is 1. The molecule has 1 atom stereocenters. The van der Waals surface area contributed by atoms with E-state index >= 15 is 0 Å². The Morgan fingerprint density at radius 1 is 1.00 bits per heavy atom. The number of ether oxygens (including phenoxy) is 1. The average molecular weight is 456 g/mol. The molecular weight excluding hydrogens is 436 g/mol. The van der Waals surface area contributed by atoms with Gasteiger partial charge in [-0.1, -0.05) is 12.1 Å². The number of anilines is 1. The number of aryl methyl sites for hydroxylation is 2. The van der Waals surface area contributed by atoms with Gasteiger partial charge < -0.3 is 9.15 Å². The first-order valence-corrected chi connectivity index (χ1v) is 10.6. The highest BCUT2D eigenvalue weighted by atomic mass is 16.6. The van der Waals surface area contributed by atoms with E-state index in [4.69, 9.17) is 9.15 Å². The second-order valence-corrected chi connectivity index (χ2v) is 8.23. The highest BCUT2D eigenvalue weighted by molar-refractivity contribution is 6.10. The third-order valence-electron chi connectivity index (χ3n) is 6.23. The van der Waals surface area contributed by atoms with Gasteiger partial charge >= 0.3 is 0 Å². The van der Waals surface area contributed by atoms with Crippen molar-refractivity contribution in [1.29, 1.82) is 0 Å². The maximum Gasteiger partial charge on any atom is 0.295 e. The van der Waals surface area contributed by atoms with Crippen LogP contribution in [0.15, 0.2) is 69.9 Å². The molecule has 0 saturated heterocycles. The van der Waals surface area contributed by atoms with E-state index in [9.17, 15) is 19.7 Å². The minimum absolute atomic E-state index is 0.0620. The van der Waals surface area contributed by atoms with Crippen LogP contribution in [0.5, 0.6) is 5.75 Å². The number of nitrogens with zero attached hydrogens (tertiary/aromatic N) is 2. The number of rotatable bonds is 4. The first-order chi connectivity index (χ1) is 16.3. The van der Waals surface area contributed by atoms with Crippen molar-refractivity contribution < 1.29 is 18.9 Å². The zero-order valence-corrected chi connectivity index (χ0v) is 18.7. The van der Waals surface area contributed by atoms with Gasteiger partial charge in [-0.2, -0.15) is 0 Å². The molecule has 0 bridgehead atoms. The molecule has 170 valence electrons. The van der Waals surface area contributed by atoms with Gasteiger partial charge in [0.2, 0.25) is 5.76 Å². The van der Waals surface area contributed by atoms with E-state index in [1.807, 2.05) is 13.8 Å². The summed E-state index contributed by atoms with van der Waals surface area (Å²) in [5.74, 6) is 0.0488. The molecule has 3 aromatic carbocycles. The molecule has 0 aliphatic carbocycles. The van der Waals surface area contributed by atoms with Crippen molar-refractivity contribution >= 4 is 28.3 Å². The fourth-order valence-electron chi connectivity index (χ4n) is 4.36. The third kappa shape index (κ3) is 3.23. The molecule has 1 amide bonds. The molecule has 34 heavy (non-hydrogen) atoms. The number of benzene rings is 3. The smallest absolute Gasteiger partial charge is 0.295 e. The topological polar surface area (TPSA) is 103 Å². The lowest BCUT2D eigenvalue weighted by molar-refractivity contribution is -0.384. The van der Waals surface area contributed by atoms with Crippen molar-refractivity contribution in [1.82, 2.24) is 0 Å². The lowest BCUT2D eigenvalue weighted by Gasteiger charge is -2.25. The molecule has 0 saturated carbocycles. The van der Waals surface area contributed by atoms with Crippen LogP contribution in [0.25, 0.3) is 11.0 Å². The van der Waals surface area contributed by atoms with Gasteiger partial charge in [-0.25, -0.2) is 0 Å². The molecule has 0 N–H and O–H groups in total. The predicted octanol–water partition coefficient (Wildman–Crippen LogP) is 5.08. The minimum atomic E-state index is -0.891. The minimum Gasteiger partial charge on any atom is -0.497 e. The van der Waals surface area contributed by atoms with Gasteiger partial charge in [0.1, 0.15) is 11.3 Å². The largest absolute Gasteiger partial charge is 0.497 e. The molecule has 4 aromatic rings. The Bertz CT molecular complexity index is 1540. The quantitative estimate of drug-likeness (QED) is 0.314. The molecule has 5 rings (SSSR count). The summed E-state index contributed by atoms with van der Waals surface area (Å²) in [6.07, 6.45) is 0.